The molecule has 1 aromatic rings. The van der Waals surface area contributed by atoms with E-state index in [-0.39, 0.29) is 11.8 Å². The number of ether oxygens (including phenoxy) is 1. The van der Waals surface area contributed by atoms with Crippen molar-refractivity contribution in [1.29, 1.82) is 0 Å². The highest BCUT2D eigenvalue weighted by molar-refractivity contribution is 7.42. The SMILES string of the molecule is CCC(CCN(C)CCc1ccc2c(c1)CCO2)C(P)(P)C(N)=O. The molecule has 134 valence electrons. The van der Waals surface area contributed by atoms with Gasteiger partial charge in [-0.1, -0.05) is 25.5 Å². The number of hydrogen-bond acceptors (Lipinski definition) is 3. The first-order chi connectivity index (χ1) is 11.3. The first-order valence-electron chi connectivity index (χ1n) is 8.65. The van der Waals surface area contributed by atoms with Crippen LogP contribution in [0.15, 0.2) is 18.2 Å². The molecule has 3 atom stereocenters. The zero-order valence-corrected chi connectivity index (χ0v) is 17.1. The van der Waals surface area contributed by atoms with E-state index in [4.69, 9.17) is 10.5 Å². The summed E-state index contributed by atoms with van der Waals surface area (Å²) in [4.78, 5) is 13.4. The van der Waals surface area contributed by atoms with Crippen molar-refractivity contribution < 1.29 is 9.53 Å². The fourth-order valence-electron chi connectivity index (χ4n) is 3.19. The van der Waals surface area contributed by atoms with Crippen LogP contribution in [0.25, 0.3) is 0 Å². The largest absolute Gasteiger partial charge is 0.493 e. The third-order valence-electron chi connectivity index (χ3n) is 4.99. The molecule has 0 saturated heterocycles. The minimum atomic E-state index is -0.602. The zero-order chi connectivity index (χ0) is 17.7. The van der Waals surface area contributed by atoms with Crippen molar-refractivity contribution in [2.24, 2.45) is 11.7 Å². The number of rotatable bonds is 9. The molecule has 1 heterocycles. The number of nitrogens with two attached hydrogens (primary N) is 1. The predicted octanol–water partition coefficient (Wildman–Crippen LogP) is 2.44. The van der Waals surface area contributed by atoms with E-state index in [2.05, 4.69) is 55.6 Å². The summed E-state index contributed by atoms with van der Waals surface area (Å²) in [6.45, 7) is 4.89. The number of nitrogens with zero attached hydrogens (tertiary/aromatic N) is 1. The molecular weight excluding hydrogens is 338 g/mol. The lowest BCUT2D eigenvalue weighted by molar-refractivity contribution is -0.119. The van der Waals surface area contributed by atoms with Gasteiger partial charge in [0.25, 0.3) is 0 Å². The van der Waals surface area contributed by atoms with Crippen molar-refractivity contribution in [3.05, 3.63) is 29.3 Å². The number of hydrogen-bond donors (Lipinski definition) is 1. The van der Waals surface area contributed by atoms with Crippen LogP contribution in [0.1, 0.15) is 30.9 Å². The van der Waals surface area contributed by atoms with Gasteiger partial charge in [0.1, 0.15) is 5.75 Å². The van der Waals surface area contributed by atoms with Crippen LogP contribution < -0.4 is 10.5 Å². The van der Waals surface area contributed by atoms with Crippen molar-refractivity contribution in [2.75, 3.05) is 26.7 Å². The van der Waals surface area contributed by atoms with Crippen molar-refractivity contribution in [2.45, 2.75) is 37.5 Å². The van der Waals surface area contributed by atoms with E-state index >= 15 is 0 Å². The summed E-state index contributed by atoms with van der Waals surface area (Å²) in [7, 11) is 7.38. The molecule has 0 saturated carbocycles. The van der Waals surface area contributed by atoms with Gasteiger partial charge in [0.15, 0.2) is 0 Å². The number of carbonyl (C=O) groups excluding carboxylic acids is 1. The quantitative estimate of drug-likeness (QED) is 0.681. The molecule has 3 unspecified atom stereocenters. The van der Waals surface area contributed by atoms with Gasteiger partial charge in [-0.15, -0.1) is 18.5 Å². The molecular formula is C18H30N2O2P2. The second kappa shape index (κ2) is 8.61. The summed E-state index contributed by atoms with van der Waals surface area (Å²) in [6.07, 6.45) is 3.95. The molecule has 24 heavy (non-hydrogen) atoms. The Balaban J connectivity index is 1.80. The molecule has 0 radical (unpaired) electrons. The monoisotopic (exact) mass is 368 g/mol. The van der Waals surface area contributed by atoms with E-state index in [1.165, 1.54) is 11.1 Å². The van der Waals surface area contributed by atoms with Gasteiger partial charge in [-0.05, 0) is 49.5 Å². The molecule has 0 aromatic heterocycles. The molecule has 2 N–H and O–H groups in total. The minimum Gasteiger partial charge on any atom is -0.493 e. The third kappa shape index (κ3) is 4.91. The molecule has 0 aliphatic carbocycles. The van der Waals surface area contributed by atoms with Gasteiger partial charge in [0.05, 0.1) is 11.5 Å². The predicted molar refractivity (Wildman–Crippen MR) is 107 cm³/mol. The van der Waals surface area contributed by atoms with Gasteiger partial charge >= 0.3 is 0 Å². The van der Waals surface area contributed by atoms with Crippen LogP contribution in [-0.4, -0.2) is 42.4 Å². The smallest absolute Gasteiger partial charge is 0.231 e. The van der Waals surface area contributed by atoms with Crippen LogP contribution in [0, 0.1) is 5.92 Å². The Bertz CT molecular complexity index is 578. The number of likely N-dealkylation sites (N-methyl/N-ethyl adjacent to an activating group) is 1. The number of fused-ring (bicyclic) bond motifs is 1. The Morgan fingerprint density at radius 3 is 2.83 bits per heavy atom. The van der Waals surface area contributed by atoms with E-state index in [0.717, 1.165) is 51.1 Å². The number of primary amides is 1. The fourth-order valence-corrected chi connectivity index (χ4v) is 3.99. The lowest BCUT2D eigenvalue weighted by Gasteiger charge is -2.31. The van der Waals surface area contributed by atoms with Crippen LogP contribution in [-0.2, 0) is 17.6 Å². The lowest BCUT2D eigenvalue weighted by atomic mass is 9.96. The molecule has 2 rings (SSSR count). The van der Waals surface area contributed by atoms with Gasteiger partial charge in [-0.2, -0.15) is 0 Å². The van der Waals surface area contributed by atoms with Gasteiger partial charge in [-0.3, -0.25) is 4.79 Å². The highest BCUT2D eigenvalue weighted by atomic mass is 31.1. The molecule has 4 nitrogen and oxygen atoms in total. The zero-order valence-electron chi connectivity index (χ0n) is 14.8. The molecule has 1 aliphatic heterocycles. The topological polar surface area (TPSA) is 55.6 Å². The summed E-state index contributed by atoms with van der Waals surface area (Å²) in [5.74, 6) is 1.03. The second-order valence-electron chi connectivity index (χ2n) is 6.78. The van der Waals surface area contributed by atoms with Crippen LogP contribution >= 0.6 is 18.5 Å². The Kier molecular flexibility index (Phi) is 7.04. The Morgan fingerprint density at radius 2 is 2.17 bits per heavy atom. The van der Waals surface area contributed by atoms with E-state index in [1.54, 1.807) is 0 Å². The van der Waals surface area contributed by atoms with Gasteiger partial charge in [0, 0.05) is 13.0 Å². The van der Waals surface area contributed by atoms with Crippen molar-refractivity contribution in [3.63, 3.8) is 0 Å². The Morgan fingerprint density at radius 1 is 1.42 bits per heavy atom. The van der Waals surface area contributed by atoms with Crippen molar-refractivity contribution in [3.8, 4) is 5.75 Å². The summed E-state index contributed by atoms with van der Waals surface area (Å²) < 4.78 is 5.56. The highest BCUT2D eigenvalue weighted by Crippen LogP contribution is 2.39. The molecule has 0 bridgehead atoms. The molecule has 1 aliphatic rings. The van der Waals surface area contributed by atoms with E-state index in [1.807, 2.05) is 0 Å². The van der Waals surface area contributed by atoms with E-state index in [9.17, 15) is 4.79 Å². The fraction of sp³-hybridized carbons (Fsp3) is 0.611. The summed E-state index contributed by atoms with van der Waals surface area (Å²) in [5, 5.41) is 0. The minimum absolute atomic E-state index is 0.254. The average Bonchev–Trinajstić information content (AvgIpc) is 3.00. The van der Waals surface area contributed by atoms with Gasteiger partial charge in [0.2, 0.25) is 5.91 Å². The van der Waals surface area contributed by atoms with Crippen LogP contribution in [0.2, 0.25) is 0 Å². The number of carbonyl (C=O) groups is 1. The van der Waals surface area contributed by atoms with E-state index in [0.29, 0.717) is 0 Å². The molecule has 1 aromatic carbocycles. The first kappa shape index (κ1) is 19.6. The normalized spacial score (nSPS) is 15.2. The lowest BCUT2D eigenvalue weighted by Crippen LogP contribution is -2.40. The molecule has 1 amide bonds. The number of benzene rings is 1. The standard InChI is InChI=1S/C18H30N2O2P2/c1-3-15(18(23,24)17(19)21)7-10-20(2)9-6-13-4-5-16-14(12-13)8-11-22-16/h4-5,12,15H,3,6-11,23-24H2,1-2H3,(H2,19,21). The van der Waals surface area contributed by atoms with Crippen LogP contribution in [0.4, 0.5) is 0 Å². The van der Waals surface area contributed by atoms with Crippen LogP contribution in [0.5, 0.6) is 5.75 Å². The van der Waals surface area contributed by atoms with Gasteiger partial charge < -0.3 is 15.4 Å². The second-order valence-corrected chi connectivity index (χ2v) is 9.36. The van der Waals surface area contributed by atoms with Crippen molar-refractivity contribution >= 4 is 24.4 Å². The maximum Gasteiger partial charge on any atom is 0.231 e. The maximum atomic E-state index is 11.6. The highest BCUT2D eigenvalue weighted by Gasteiger charge is 2.34. The Labute approximate surface area is 150 Å². The van der Waals surface area contributed by atoms with Crippen LogP contribution in [0.3, 0.4) is 0 Å². The third-order valence-corrected chi connectivity index (χ3v) is 6.50. The summed E-state index contributed by atoms with van der Waals surface area (Å²) in [6, 6.07) is 6.53. The summed E-state index contributed by atoms with van der Waals surface area (Å²) in [5.41, 5.74) is 8.22. The number of amides is 1. The maximum absolute atomic E-state index is 11.6. The summed E-state index contributed by atoms with van der Waals surface area (Å²) >= 11 is 0. The van der Waals surface area contributed by atoms with E-state index < -0.39 is 4.90 Å². The van der Waals surface area contributed by atoms with Gasteiger partial charge in [-0.25, -0.2) is 0 Å². The van der Waals surface area contributed by atoms with Crippen molar-refractivity contribution in [1.82, 2.24) is 4.90 Å². The average molecular weight is 368 g/mol. The molecule has 0 spiro atoms. The first-order valence-corrected chi connectivity index (χ1v) is 9.80. The molecule has 0 fully saturated rings. The molecule has 6 heteroatoms. The Hall–Kier alpha value is -0.690.